The summed E-state index contributed by atoms with van der Waals surface area (Å²) < 4.78 is 41.2. The molecule has 0 aliphatic carbocycles. The van der Waals surface area contributed by atoms with E-state index in [9.17, 15) is 12.8 Å². The van der Waals surface area contributed by atoms with Gasteiger partial charge in [-0.15, -0.1) is 0 Å². The maximum absolute atomic E-state index is 13.4. The van der Waals surface area contributed by atoms with E-state index in [-0.39, 0.29) is 29.1 Å². The van der Waals surface area contributed by atoms with Gasteiger partial charge in [0.15, 0.2) is 21.4 Å². The van der Waals surface area contributed by atoms with Crippen molar-refractivity contribution in [2.75, 3.05) is 24.7 Å². The molecule has 0 radical (unpaired) electrons. The van der Waals surface area contributed by atoms with Crippen molar-refractivity contribution in [2.45, 2.75) is 19.4 Å². The number of halogens is 1. The molecule has 6 heteroatoms. The molecular weight excluding hydrogens is 269 g/mol. The molecule has 1 saturated heterocycles. The highest BCUT2D eigenvalue weighted by Gasteiger charge is 2.27. The maximum atomic E-state index is 13.4. The zero-order valence-corrected chi connectivity index (χ0v) is 11.7. The van der Waals surface area contributed by atoms with Crippen LogP contribution in [-0.4, -0.2) is 39.1 Å². The molecule has 1 heterocycles. The van der Waals surface area contributed by atoms with Crippen molar-refractivity contribution < 1.29 is 17.5 Å². The van der Waals surface area contributed by atoms with E-state index in [0.717, 1.165) is 5.56 Å². The van der Waals surface area contributed by atoms with Crippen molar-refractivity contribution >= 4 is 9.84 Å². The lowest BCUT2D eigenvalue weighted by molar-refractivity contribution is 0.293. The summed E-state index contributed by atoms with van der Waals surface area (Å²) in [6.45, 7) is 2.69. The van der Waals surface area contributed by atoms with Crippen LogP contribution in [0, 0.1) is 12.7 Å². The minimum Gasteiger partial charge on any atom is -0.489 e. The number of aryl methyl sites for hydroxylation is 1. The number of rotatable bonds is 5. The molecule has 1 fully saturated rings. The fraction of sp³-hybridized carbons (Fsp3) is 0.538. The summed E-state index contributed by atoms with van der Waals surface area (Å²) in [5.74, 6) is 0.291. The first kappa shape index (κ1) is 14.3. The minimum absolute atomic E-state index is 0.00374. The van der Waals surface area contributed by atoms with Crippen molar-refractivity contribution in [3.8, 4) is 5.75 Å². The Hall–Kier alpha value is -1.14. The minimum atomic E-state index is -2.86. The van der Waals surface area contributed by atoms with Crippen molar-refractivity contribution in [3.63, 3.8) is 0 Å². The fourth-order valence-electron chi connectivity index (χ4n) is 2.10. The number of hydrogen-bond donors (Lipinski definition) is 1. The number of sulfone groups is 1. The van der Waals surface area contributed by atoms with Crippen LogP contribution in [0.4, 0.5) is 4.39 Å². The fourth-order valence-corrected chi connectivity index (χ4v) is 3.81. The van der Waals surface area contributed by atoms with E-state index < -0.39 is 9.84 Å². The lowest BCUT2D eigenvalue weighted by atomic mass is 10.2. The quantitative estimate of drug-likeness (QED) is 0.829. The highest BCUT2D eigenvalue weighted by molar-refractivity contribution is 7.91. The van der Waals surface area contributed by atoms with Crippen LogP contribution in [0.25, 0.3) is 0 Å². The average Bonchev–Trinajstić information content (AvgIpc) is 2.69. The smallest absolute Gasteiger partial charge is 0.165 e. The van der Waals surface area contributed by atoms with E-state index in [1.54, 1.807) is 12.1 Å². The van der Waals surface area contributed by atoms with Crippen LogP contribution in [0.2, 0.25) is 0 Å². The second-order valence-corrected chi connectivity index (χ2v) is 7.07. The Labute approximate surface area is 112 Å². The van der Waals surface area contributed by atoms with Crippen LogP contribution in [-0.2, 0) is 9.84 Å². The van der Waals surface area contributed by atoms with E-state index in [4.69, 9.17) is 4.74 Å². The average molecular weight is 287 g/mol. The molecule has 4 nitrogen and oxygen atoms in total. The summed E-state index contributed by atoms with van der Waals surface area (Å²) in [6, 6.07) is 4.71. The molecule has 1 aliphatic rings. The van der Waals surface area contributed by atoms with Crippen molar-refractivity contribution in [3.05, 3.63) is 29.6 Å². The second kappa shape index (κ2) is 5.88. The van der Waals surface area contributed by atoms with Gasteiger partial charge in [0.25, 0.3) is 0 Å². The Morgan fingerprint density at radius 3 is 2.95 bits per heavy atom. The standard InChI is InChI=1S/C13H18FNO3S/c1-10-2-3-12(14)13(8-10)18-6-5-15-11-4-7-19(16,17)9-11/h2-3,8,11,15H,4-7,9H2,1H3. The predicted molar refractivity (Wildman–Crippen MR) is 71.7 cm³/mol. The normalized spacial score (nSPS) is 21.5. The first-order valence-electron chi connectivity index (χ1n) is 6.29. The largest absolute Gasteiger partial charge is 0.489 e. The Morgan fingerprint density at radius 2 is 2.26 bits per heavy atom. The molecule has 0 saturated carbocycles. The predicted octanol–water partition coefficient (Wildman–Crippen LogP) is 1.29. The third-order valence-electron chi connectivity index (χ3n) is 3.11. The Kier molecular flexibility index (Phi) is 4.42. The van der Waals surface area contributed by atoms with Gasteiger partial charge >= 0.3 is 0 Å². The molecule has 0 spiro atoms. The number of ether oxygens (including phenoxy) is 1. The number of nitrogens with one attached hydrogen (secondary N) is 1. The van der Waals surface area contributed by atoms with Crippen LogP contribution in [0.15, 0.2) is 18.2 Å². The summed E-state index contributed by atoms with van der Waals surface area (Å²) in [4.78, 5) is 0. The lowest BCUT2D eigenvalue weighted by Gasteiger charge is -2.12. The van der Waals surface area contributed by atoms with Gasteiger partial charge in [-0.1, -0.05) is 6.07 Å². The van der Waals surface area contributed by atoms with Gasteiger partial charge in [0.2, 0.25) is 0 Å². The summed E-state index contributed by atoms with van der Waals surface area (Å²) in [6.07, 6.45) is 0.640. The zero-order valence-electron chi connectivity index (χ0n) is 10.9. The second-order valence-electron chi connectivity index (χ2n) is 4.84. The first-order chi connectivity index (χ1) is 8.96. The summed E-state index contributed by atoms with van der Waals surface area (Å²) in [5, 5.41) is 3.11. The van der Waals surface area contributed by atoms with E-state index in [0.29, 0.717) is 19.6 Å². The third kappa shape index (κ3) is 4.18. The molecule has 19 heavy (non-hydrogen) atoms. The van der Waals surface area contributed by atoms with Crippen LogP contribution in [0.1, 0.15) is 12.0 Å². The molecule has 106 valence electrons. The Bertz CT molecular complexity index is 545. The van der Waals surface area contributed by atoms with Gasteiger partial charge in [-0.2, -0.15) is 0 Å². The number of benzene rings is 1. The molecule has 1 unspecified atom stereocenters. The molecule has 0 bridgehead atoms. The Morgan fingerprint density at radius 1 is 1.47 bits per heavy atom. The van der Waals surface area contributed by atoms with Crippen molar-refractivity contribution in [1.29, 1.82) is 0 Å². The van der Waals surface area contributed by atoms with Crippen molar-refractivity contribution in [1.82, 2.24) is 5.32 Å². The molecule has 0 amide bonds. The highest BCUT2D eigenvalue weighted by atomic mass is 32.2. The molecule has 1 N–H and O–H groups in total. The molecule has 1 aliphatic heterocycles. The number of hydrogen-bond acceptors (Lipinski definition) is 4. The Balaban J connectivity index is 1.74. The summed E-state index contributed by atoms with van der Waals surface area (Å²) in [7, 11) is -2.86. The molecule has 2 rings (SSSR count). The van der Waals surface area contributed by atoms with Crippen LogP contribution in [0.5, 0.6) is 5.75 Å². The van der Waals surface area contributed by atoms with E-state index >= 15 is 0 Å². The van der Waals surface area contributed by atoms with E-state index in [2.05, 4.69) is 5.32 Å². The zero-order chi connectivity index (χ0) is 13.9. The summed E-state index contributed by atoms with van der Waals surface area (Å²) >= 11 is 0. The highest BCUT2D eigenvalue weighted by Crippen LogP contribution is 2.18. The van der Waals surface area contributed by atoms with Crippen LogP contribution >= 0.6 is 0 Å². The monoisotopic (exact) mass is 287 g/mol. The van der Waals surface area contributed by atoms with Gasteiger partial charge in [-0.05, 0) is 31.0 Å². The SMILES string of the molecule is Cc1ccc(F)c(OCCNC2CCS(=O)(=O)C2)c1. The lowest BCUT2D eigenvalue weighted by Crippen LogP contribution is -2.33. The summed E-state index contributed by atoms with van der Waals surface area (Å²) in [5.41, 5.74) is 0.936. The molecular formula is C13H18FNO3S. The molecule has 0 aromatic heterocycles. The van der Waals surface area contributed by atoms with Gasteiger partial charge in [0.05, 0.1) is 11.5 Å². The van der Waals surface area contributed by atoms with E-state index in [1.807, 2.05) is 6.92 Å². The van der Waals surface area contributed by atoms with Crippen LogP contribution < -0.4 is 10.1 Å². The maximum Gasteiger partial charge on any atom is 0.165 e. The van der Waals surface area contributed by atoms with Gasteiger partial charge in [-0.25, -0.2) is 12.8 Å². The van der Waals surface area contributed by atoms with Crippen molar-refractivity contribution in [2.24, 2.45) is 0 Å². The molecule has 1 aromatic carbocycles. The van der Waals surface area contributed by atoms with E-state index in [1.165, 1.54) is 6.07 Å². The van der Waals surface area contributed by atoms with Crippen LogP contribution in [0.3, 0.4) is 0 Å². The topological polar surface area (TPSA) is 55.4 Å². The van der Waals surface area contributed by atoms with Gasteiger partial charge in [0.1, 0.15) is 6.61 Å². The van der Waals surface area contributed by atoms with Gasteiger partial charge < -0.3 is 10.1 Å². The molecule has 1 atom stereocenters. The van der Waals surface area contributed by atoms with Gasteiger partial charge in [-0.3, -0.25) is 0 Å². The van der Waals surface area contributed by atoms with Gasteiger partial charge in [0, 0.05) is 12.6 Å². The first-order valence-corrected chi connectivity index (χ1v) is 8.11. The molecule has 1 aromatic rings. The third-order valence-corrected chi connectivity index (χ3v) is 4.88.